The third-order valence-electron chi connectivity index (χ3n) is 1.89. The minimum Gasteiger partial charge on any atom is -0.462 e. The fraction of sp³-hybridized carbons (Fsp3) is 0.545. The normalized spacial score (nSPS) is 10.1. The second kappa shape index (κ2) is 5.75. The Bertz CT molecular complexity index is 333. The van der Waals surface area contributed by atoms with E-state index in [0.717, 1.165) is 22.8 Å². The molecule has 0 aliphatic rings. The fourth-order valence-electron chi connectivity index (χ4n) is 1.24. The topological polar surface area (TPSA) is 38.3 Å². The van der Waals surface area contributed by atoms with E-state index in [-0.39, 0.29) is 5.97 Å². The van der Waals surface area contributed by atoms with Crippen molar-refractivity contribution >= 4 is 22.3 Å². The molecule has 4 heteroatoms. The standard InChI is InChI=1S/C11H17NO2S/c1-4-6-12-10-9(7-8(3)15-10)11(13)14-5-2/h7,12H,4-6H2,1-3H3. The number of nitrogens with one attached hydrogen (secondary N) is 1. The third-order valence-corrected chi connectivity index (χ3v) is 2.89. The maximum absolute atomic E-state index is 11.6. The first kappa shape index (κ1) is 12.0. The van der Waals surface area contributed by atoms with Crippen molar-refractivity contribution in [2.45, 2.75) is 27.2 Å². The second-order valence-electron chi connectivity index (χ2n) is 3.25. The summed E-state index contributed by atoms with van der Waals surface area (Å²) in [5.74, 6) is -0.236. The molecule has 1 aromatic heterocycles. The lowest BCUT2D eigenvalue weighted by Crippen LogP contribution is -2.07. The zero-order valence-electron chi connectivity index (χ0n) is 9.42. The van der Waals surface area contributed by atoms with E-state index in [4.69, 9.17) is 4.74 Å². The van der Waals surface area contributed by atoms with Crippen molar-refractivity contribution in [1.82, 2.24) is 0 Å². The second-order valence-corrected chi connectivity index (χ2v) is 4.50. The van der Waals surface area contributed by atoms with Crippen molar-refractivity contribution in [3.8, 4) is 0 Å². The number of esters is 1. The summed E-state index contributed by atoms with van der Waals surface area (Å²) in [7, 11) is 0. The van der Waals surface area contributed by atoms with Gasteiger partial charge in [-0.1, -0.05) is 6.92 Å². The number of hydrogen-bond acceptors (Lipinski definition) is 4. The molecule has 0 unspecified atom stereocenters. The van der Waals surface area contributed by atoms with Crippen LogP contribution in [0.3, 0.4) is 0 Å². The summed E-state index contributed by atoms with van der Waals surface area (Å²) in [5.41, 5.74) is 0.660. The highest BCUT2D eigenvalue weighted by atomic mass is 32.1. The summed E-state index contributed by atoms with van der Waals surface area (Å²) >= 11 is 1.60. The number of carbonyl (C=O) groups is 1. The number of aryl methyl sites for hydroxylation is 1. The summed E-state index contributed by atoms with van der Waals surface area (Å²) in [6.07, 6.45) is 1.04. The molecule has 0 spiro atoms. The van der Waals surface area contributed by atoms with Crippen LogP contribution in [0.4, 0.5) is 5.00 Å². The summed E-state index contributed by atoms with van der Waals surface area (Å²) in [6, 6.07) is 1.88. The lowest BCUT2D eigenvalue weighted by Gasteiger charge is -2.05. The van der Waals surface area contributed by atoms with Crippen LogP contribution < -0.4 is 5.32 Å². The van der Waals surface area contributed by atoms with Gasteiger partial charge in [0.05, 0.1) is 12.2 Å². The highest BCUT2D eigenvalue weighted by Crippen LogP contribution is 2.28. The van der Waals surface area contributed by atoms with E-state index in [9.17, 15) is 4.79 Å². The smallest absolute Gasteiger partial charge is 0.341 e. The number of hydrogen-bond donors (Lipinski definition) is 1. The zero-order chi connectivity index (χ0) is 11.3. The highest BCUT2D eigenvalue weighted by Gasteiger charge is 2.15. The van der Waals surface area contributed by atoms with E-state index in [1.54, 1.807) is 11.3 Å². The first-order valence-corrected chi connectivity index (χ1v) is 6.02. The molecule has 0 amide bonds. The van der Waals surface area contributed by atoms with Gasteiger partial charge in [0.25, 0.3) is 0 Å². The molecule has 0 radical (unpaired) electrons. The van der Waals surface area contributed by atoms with Gasteiger partial charge in [-0.2, -0.15) is 0 Å². The Labute approximate surface area is 94.5 Å². The predicted octanol–water partition coefficient (Wildman–Crippen LogP) is 3.06. The molecule has 0 aliphatic carbocycles. The van der Waals surface area contributed by atoms with Gasteiger partial charge in [-0.25, -0.2) is 4.79 Å². The van der Waals surface area contributed by atoms with E-state index < -0.39 is 0 Å². The van der Waals surface area contributed by atoms with Crippen LogP contribution in [-0.4, -0.2) is 19.1 Å². The monoisotopic (exact) mass is 227 g/mol. The molecule has 3 nitrogen and oxygen atoms in total. The van der Waals surface area contributed by atoms with Crippen LogP contribution in [0.25, 0.3) is 0 Å². The molecule has 0 aromatic carbocycles. The Hall–Kier alpha value is -1.03. The first-order chi connectivity index (χ1) is 7.19. The SMILES string of the molecule is CCCNc1sc(C)cc1C(=O)OCC. The molecule has 0 bridgehead atoms. The predicted molar refractivity (Wildman–Crippen MR) is 63.8 cm³/mol. The maximum atomic E-state index is 11.6. The molecular formula is C11H17NO2S. The molecule has 1 aromatic rings. The van der Waals surface area contributed by atoms with Crippen molar-refractivity contribution in [2.24, 2.45) is 0 Å². The van der Waals surface area contributed by atoms with Crippen LogP contribution in [0.2, 0.25) is 0 Å². The van der Waals surface area contributed by atoms with Gasteiger partial charge in [0.2, 0.25) is 0 Å². The lowest BCUT2D eigenvalue weighted by molar-refractivity contribution is 0.0528. The Morgan fingerprint density at radius 1 is 1.53 bits per heavy atom. The van der Waals surface area contributed by atoms with Gasteiger partial charge >= 0.3 is 5.97 Å². The average Bonchev–Trinajstić information content (AvgIpc) is 2.57. The summed E-state index contributed by atoms with van der Waals surface area (Å²) in [5, 5.41) is 4.16. The van der Waals surface area contributed by atoms with Gasteiger partial charge in [0, 0.05) is 11.4 Å². The molecule has 84 valence electrons. The Morgan fingerprint density at radius 2 is 2.27 bits per heavy atom. The fourth-order valence-corrected chi connectivity index (χ4v) is 2.17. The van der Waals surface area contributed by atoms with E-state index in [0.29, 0.717) is 12.2 Å². The molecule has 0 saturated carbocycles. The number of rotatable bonds is 5. The minimum atomic E-state index is -0.236. The lowest BCUT2D eigenvalue weighted by atomic mass is 10.3. The molecule has 0 atom stereocenters. The van der Waals surface area contributed by atoms with Crippen molar-refractivity contribution < 1.29 is 9.53 Å². The Kier molecular flexibility index (Phi) is 4.62. The van der Waals surface area contributed by atoms with E-state index >= 15 is 0 Å². The summed E-state index contributed by atoms with van der Waals surface area (Å²) < 4.78 is 4.99. The first-order valence-electron chi connectivity index (χ1n) is 5.20. The van der Waals surface area contributed by atoms with Crippen LogP contribution >= 0.6 is 11.3 Å². The van der Waals surface area contributed by atoms with Crippen LogP contribution in [0.1, 0.15) is 35.5 Å². The van der Waals surface area contributed by atoms with Crippen molar-refractivity contribution in [3.63, 3.8) is 0 Å². The Balaban J connectivity index is 2.80. The van der Waals surface area contributed by atoms with Crippen molar-refractivity contribution in [2.75, 3.05) is 18.5 Å². The van der Waals surface area contributed by atoms with E-state index in [1.165, 1.54) is 0 Å². The largest absolute Gasteiger partial charge is 0.462 e. The molecule has 0 fully saturated rings. The zero-order valence-corrected chi connectivity index (χ0v) is 10.2. The third kappa shape index (κ3) is 3.23. The number of ether oxygens (including phenoxy) is 1. The van der Waals surface area contributed by atoms with E-state index in [1.807, 2.05) is 19.9 Å². The molecule has 1 rings (SSSR count). The molecule has 1 heterocycles. The maximum Gasteiger partial charge on any atom is 0.341 e. The number of anilines is 1. The number of thiophene rings is 1. The highest BCUT2D eigenvalue weighted by molar-refractivity contribution is 7.16. The Morgan fingerprint density at radius 3 is 2.87 bits per heavy atom. The van der Waals surface area contributed by atoms with Crippen LogP contribution in [-0.2, 0) is 4.74 Å². The van der Waals surface area contributed by atoms with Gasteiger partial charge in [-0.3, -0.25) is 0 Å². The van der Waals surface area contributed by atoms with Gasteiger partial charge in [0.1, 0.15) is 5.00 Å². The van der Waals surface area contributed by atoms with Crippen molar-refractivity contribution in [3.05, 3.63) is 16.5 Å². The van der Waals surface area contributed by atoms with Crippen LogP contribution in [0.15, 0.2) is 6.07 Å². The van der Waals surface area contributed by atoms with Gasteiger partial charge < -0.3 is 10.1 Å². The molecule has 15 heavy (non-hydrogen) atoms. The quantitative estimate of drug-likeness (QED) is 0.786. The van der Waals surface area contributed by atoms with Gasteiger partial charge in [0.15, 0.2) is 0 Å². The van der Waals surface area contributed by atoms with Gasteiger partial charge in [-0.15, -0.1) is 11.3 Å². The average molecular weight is 227 g/mol. The summed E-state index contributed by atoms with van der Waals surface area (Å²) in [4.78, 5) is 12.7. The molecular weight excluding hydrogens is 210 g/mol. The van der Waals surface area contributed by atoms with E-state index in [2.05, 4.69) is 12.2 Å². The molecule has 0 saturated heterocycles. The number of carbonyl (C=O) groups excluding carboxylic acids is 1. The minimum absolute atomic E-state index is 0.236. The van der Waals surface area contributed by atoms with Crippen LogP contribution in [0.5, 0.6) is 0 Å². The molecule has 1 N–H and O–H groups in total. The molecule has 0 aliphatic heterocycles. The summed E-state index contributed by atoms with van der Waals surface area (Å²) in [6.45, 7) is 7.20. The van der Waals surface area contributed by atoms with Gasteiger partial charge in [-0.05, 0) is 26.3 Å². The van der Waals surface area contributed by atoms with Crippen LogP contribution in [0, 0.1) is 6.92 Å². The van der Waals surface area contributed by atoms with Crippen molar-refractivity contribution in [1.29, 1.82) is 0 Å².